The number of nitrogens with one attached hydrogen (secondary N) is 2. The summed E-state index contributed by atoms with van der Waals surface area (Å²) >= 11 is 3.12. The summed E-state index contributed by atoms with van der Waals surface area (Å²) in [6.07, 6.45) is 0.989. The fraction of sp³-hybridized carbons (Fsp3) is 0.429. The van der Waals surface area contributed by atoms with Gasteiger partial charge >= 0.3 is 12.0 Å². The van der Waals surface area contributed by atoms with Crippen LogP contribution in [0.3, 0.4) is 0 Å². The average Bonchev–Trinajstić information content (AvgIpc) is 2.38. The maximum absolute atomic E-state index is 13.1. The summed E-state index contributed by atoms with van der Waals surface area (Å²) in [6, 6.07) is 4.26. The van der Waals surface area contributed by atoms with Crippen molar-refractivity contribution >= 4 is 27.9 Å². The number of hydrogen-bond donors (Lipinski definition) is 3. The van der Waals surface area contributed by atoms with Crippen molar-refractivity contribution in [2.75, 3.05) is 6.54 Å². The Morgan fingerprint density at radius 3 is 2.76 bits per heavy atom. The van der Waals surface area contributed by atoms with Gasteiger partial charge in [0.25, 0.3) is 0 Å². The maximum atomic E-state index is 13.1. The number of carbonyl (C=O) groups is 2. The van der Waals surface area contributed by atoms with Gasteiger partial charge in [-0.25, -0.2) is 9.18 Å². The van der Waals surface area contributed by atoms with E-state index in [2.05, 4.69) is 26.6 Å². The first-order valence-corrected chi connectivity index (χ1v) is 7.38. The first kappa shape index (κ1) is 17.4. The lowest BCUT2D eigenvalue weighted by molar-refractivity contribution is -0.137. The van der Waals surface area contributed by atoms with Crippen LogP contribution in [0.2, 0.25) is 0 Å². The van der Waals surface area contributed by atoms with E-state index in [0.29, 0.717) is 23.9 Å². The Kier molecular flexibility index (Phi) is 7.14. The molecular formula is C14H18BrFN2O3. The molecule has 0 saturated carbocycles. The van der Waals surface area contributed by atoms with Crippen molar-refractivity contribution in [3.05, 3.63) is 34.1 Å². The number of aliphatic carboxylic acids is 1. The van der Waals surface area contributed by atoms with Gasteiger partial charge in [0.15, 0.2) is 0 Å². The number of hydrogen-bond acceptors (Lipinski definition) is 2. The molecule has 21 heavy (non-hydrogen) atoms. The zero-order chi connectivity index (χ0) is 15.8. The monoisotopic (exact) mass is 360 g/mol. The molecule has 0 aliphatic heterocycles. The number of benzene rings is 1. The lowest BCUT2D eigenvalue weighted by Gasteiger charge is -2.15. The Morgan fingerprint density at radius 1 is 1.43 bits per heavy atom. The molecule has 2 amide bonds. The Bertz CT molecular complexity index is 511. The molecular weight excluding hydrogens is 343 g/mol. The zero-order valence-corrected chi connectivity index (χ0v) is 13.2. The van der Waals surface area contributed by atoms with E-state index in [4.69, 9.17) is 5.11 Å². The molecule has 0 aromatic heterocycles. The minimum atomic E-state index is -0.882. The summed E-state index contributed by atoms with van der Waals surface area (Å²) in [5.41, 5.74) is 0.905. The minimum absolute atomic E-state index is 0.0272. The van der Waals surface area contributed by atoms with E-state index < -0.39 is 5.97 Å². The first-order chi connectivity index (χ1) is 9.88. The molecule has 0 heterocycles. The lowest BCUT2D eigenvalue weighted by Crippen LogP contribution is -2.42. The predicted molar refractivity (Wildman–Crippen MR) is 80.7 cm³/mol. The highest BCUT2D eigenvalue weighted by Gasteiger charge is 2.09. The van der Waals surface area contributed by atoms with E-state index in [1.807, 2.05) is 6.92 Å². The van der Waals surface area contributed by atoms with Crippen LogP contribution in [-0.4, -0.2) is 29.7 Å². The van der Waals surface area contributed by atoms with Crippen molar-refractivity contribution in [2.24, 2.45) is 0 Å². The van der Waals surface area contributed by atoms with Crippen molar-refractivity contribution in [3.8, 4) is 0 Å². The van der Waals surface area contributed by atoms with Gasteiger partial charge in [-0.05, 0) is 53.4 Å². The van der Waals surface area contributed by atoms with Crippen LogP contribution in [0.5, 0.6) is 0 Å². The number of rotatable bonds is 7. The molecule has 0 fully saturated rings. The second-order valence-electron chi connectivity index (χ2n) is 4.75. The second kappa shape index (κ2) is 8.61. The van der Waals surface area contributed by atoms with Gasteiger partial charge < -0.3 is 15.7 Å². The third-order valence-corrected chi connectivity index (χ3v) is 3.36. The topological polar surface area (TPSA) is 78.4 Å². The Labute approximate surface area is 131 Å². The number of amides is 2. The van der Waals surface area contributed by atoms with E-state index in [1.165, 1.54) is 6.07 Å². The van der Waals surface area contributed by atoms with E-state index in [1.54, 1.807) is 12.1 Å². The molecule has 1 unspecified atom stereocenters. The fourth-order valence-electron chi connectivity index (χ4n) is 1.79. The second-order valence-corrected chi connectivity index (χ2v) is 5.61. The predicted octanol–water partition coefficient (Wildman–Crippen LogP) is 2.68. The Hall–Kier alpha value is -1.63. The van der Waals surface area contributed by atoms with Gasteiger partial charge in [0.1, 0.15) is 5.82 Å². The molecule has 0 spiro atoms. The minimum Gasteiger partial charge on any atom is -0.481 e. The summed E-state index contributed by atoms with van der Waals surface area (Å²) in [5.74, 6) is -1.21. The number of halogens is 2. The molecule has 1 atom stereocenters. The number of carboxylic acids is 1. The van der Waals surface area contributed by atoms with Crippen molar-refractivity contribution in [1.29, 1.82) is 0 Å². The molecule has 3 N–H and O–H groups in total. The molecule has 7 heteroatoms. The summed E-state index contributed by atoms with van der Waals surface area (Å²) in [5, 5.41) is 13.8. The molecule has 1 rings (SSSR count). The Morgan fingerprint density at radius 2 is 2.14 bits per heavy atom. The molecule has 0 bridgehead atoms. The van der Waals surface area contributed by atoms with Gasteiger partial charge in [0, 0.05) is 19.0 Å². The van der Waals surface area contributed by atoms with Crippen molar-refractivity contribution < 1.29 is 19.1 Å². The van der Waals surface area contributed by atoms with Crippen LogP contribution in [0.1, 0.15) is 25.3 Å². The number of urea groups is 1. The molecule has 0 aliphatic rings. The largest absolute Gasteiger partial charge is 0.481 e. The van der Waals surface area contributed by atoms with Crippen molar-refractivity contribution in [2.45, 2.75) is 32.2 Å². The highest BCUT2D eigenvalue weighted by atomic mass is 79.9. The van der Waals surface area contributed by atoms with Crippen LogP contribution in [0.4, 0.5) is 9.18 Å². The Balaban J connectivity index is 2.32. The summed E-state index contributed by atoms with van der Waals surface area (Å²) < 4.78 is 13.5. The molecule has 1 aromatic rings. The molecule has 0 saturated heterocycles. The highest BCUT2D eigenvalue weighted by molar-refractivity contribution is 9.10. The van der Waals surface area contributed by atoms with E-state index in [9.17, 15) is 14.0 Å². The van der Waals surface area contributed by atoms with Gasteiger partial charge in [0.2, 0.25) is 0 Å². The zero-order valence-electron chi connectivity index (χ0n) is 11.7. The number of carboxylic acid groups (broad SMARTS) is 1. The SMILES string of the molecule is CC(Cc1ccc(F)c(Br)c1)NC(=O)NCCCC(=O)O. The highest BCUT2D eigenvalue weighted by Crippen LogP contribution is 2.17. The standard InChI is InChI=1S/C14H18BrFN2O3/c1-9(7-10-4-5-12(16)11(15)8-10)18-14(21)17-6-2-3-13(19)20/h4-5,8-9H,2-3,6-7H2,1H3,(H,19,20)(H2,17,18,21). The fourth-order valence-corrected chi connectivity index (χ4v) is 2.21. The van der Waals surface area contributed by atoms with Crippen LogP contribution in [0, 0.1) is 5.82 Å². The lowest BCUT2D eigenvalue weighted by atomic mass is 10.1. The molecule has 5 nitrogen and oxygen atoms in total. The molecule has 0 aliphatic carbocycles. The molecule has 1 aromatic carbocycles. The summed E-state index contributed by atoms with van der Waals surface area (Å²) in [7, 11) is 0. The van der Waals surface area contributed by atoms with Gasteiger partial charge in [-0.3, -0.25) is 4.79 Å². The average molecular weight is 361 g/mol. The third-order valence-electron chi connectivity index (χ3n) is 2.76. The quantitative estimate of drug-likeness (QED) is 0.654. The third kappa shape index (κ3) is 7.08. The van der Waals surface area contributed by atoms with Crippen LogP contribution in [-0.2, 0) is 11.2 Å². The summed E-state index contributed by atoms with van der Waals surface area (Å²) in [6.45, 7) is 2.15. The maximum Gasteiger partial charge on any atom is 0.315 e. The van der Waals surface area contributed by atoms with Crippen LogP contribution >= 0.6 is 15.9 Å². The molecule has 116 valence electrons. The molecule has 0 radical (unpaired) electrons. The van der Waals surface area contributed by atoms with Gasteiger partial charge in [-0.2, -0.15) is 0 Å². The van der Waals surface area contributed by atoms with E-state index in [0.717, 1.165) is 5.56 Å². The van der Waals surface area contributed by atoms with E-state index in [-0.39, 0.29) is 24.3 Å². The van der Waals surface area contributed by atoms with Crippen LogP contribution in [0.15, 0.2) is 22.7 Å². The first-order valence-electron chi connectivity index (χ1n) is 6.58. The summed E-state index contributed by atoms with van der Waals surface area (Å²) in [4.78, 5) is 21.9. The van der Waals surface area contributed by atoms with Crippen LogP contribution < -0.4 is 10.6 Å². The number of carbonyl (C=O) groups excluding carboxylic acids is 1. The van der Waals surface area contributed by atoms with E-state index >= 15 is 0 Å². The van der Waals surface area contributed by atoms with Crippen LogP contribution in [0.25, 0.3) is 0 Å². The van der Waals surface area contributed by atoms with Crippen molar-refractivity contribution in [3.63, 3.8) is 0 Å². The normalized spacial score (nSPS) is 11.8. The van der Waals surface area contributed by atoms with Gasteiger partial charge in [0.05, 0.1) is 4.47 Å². The van der Waals surface area contributed by atoms with Gasteiger partial charge in [-0.15, -0.1) is 0 Å². The van der Waals surface area contributed by atoms with Crippen molar-refractivity contribution in [1.82, 2.24) is 10.6 Å². The van der Waals surface area contributed by atoms with Gasteiger partial charge in [-0.1, -0.05) is 6.07 Å². The smallest absolute Gasteiger partial charge is 0.315 e.